The van der Waals surface area contributed by atoms with Crippen LogP contribution >= 0.6 is 11.3 Å². The molecule has 0 bridgehead atoms. The molecule has 2 heterocycles. The van der Waals surface area contributed by atoms with Gasteiger partial charge in [-0.15, -0.1) is 11.3 Å². The largest absolute Gasteiger partial charge is 0.356 e. The van der Waals surface area contributed by atoms with E-state index >= 15 is 0 Å². The fourth-order valence-electron chi connectivity index (χ4n) is 5.88. The van der Waals surface area contributed by atoms with E-state index in [-0.39, 0.29) is 42.0 Å². The lowest BCUT2D eigenvalue weighted by atomic mass is 9.85. The molecular formula is C32H44N4O6S2. The molecule has 0 aliphatic heterocycles. The number of thiophene rings is 1. The van der Waals surface area contributed by atoms with Gasteiger partial charge in [0.15, 0.2) is 0 Å². The Labute approximate surface area is 263 Å². The van der Waals surface area contributed by atoms with Crippen molar-refractivity contribution in [2.75, 3.05) is 23.7 Å². The number of hydrogen-bond donors (Lipinski definition) is 3. The van der Waals surface area contributed by atoms with Crippen molar-refractivity contribution in [1.29, 1.82) is 0 Å². The fraction of sp³-hybridized carbons (Fsp3) is 0.531. The highest BCUT2D eigenvalue weighted by Gasteiger charge is 2.28. The van der Waals surface area contributed by atoms with E-state index < -0.39 is 10.1 Å². The lowest BCUT2D eigenvalue weighted by Crippen LogP contribution is -2.42. The molecule has 0 spiro atoms. The summed E-state index contributed by atoms with van der Waals surface area (Å²) in [5, 5.41) is 8.10. The Morgan fingerprint density at radius 3 is 2.48 bits per heavy atom. The SMILES string of the molecule is CCc1cccc(N(CC)C(=O)Cn2c(C(=O)NC3CCC(C(=O)NCCCCCCS(=O)(=O)O)CC3)cc3sccc32)c1. The van der Waals surface area contributed by atoms with Crippen LogP contribution in [0.2, 0.25) is 0 Å². The summed E-state index contributed by atoms with van der Waals surface area (Å²) in [6, 6.07) is 11.8. The molecule has 3 amide bonds. The number of nitrogens with one attached hydrogen (secondary N) is 2. The Morgan fingerprint density at radius 2 is 1.77 bits per heavy atom. The summed E-state index contributed by atoms with van der Waals surface area (Å²) in [5.74, 6) is -0.597. The molecule has 0 radical (unpaired) electrons. The Balaban J connectivity index is 1.29. The van der Waals surface area contributed by atoms with Gasteiger partial charge in [0.2, 0.25) is 11.8 Å². The fourth-order valence-corrected chi connectivity index (χ4v) is 7.27. The maximum Gasteiger partial charge on any atom is 0.268 e. The molecule has 44 heavy (non-hydrogen) atoms. The van der Waals surface area contributed by atoms with E-state index in [4.69, 9.17) is 4.55 Å². The van der Waals surface area contributed by atoms with Gasteiger partial charge in [-0.05, 0) is 87.1 Å². The Morgan fingerprint density at radius 1 is 1.02 bits per heavy atom. The molecule has 2 aromatic heterocycles. The van der Waals surface area contributed by atoms with Gasteiger partial charge in [-0.2, -0.15) is 8.42 Å². The molecule has 1 fully saturated rings. The highest BCUT2D eigenvalue weighted by atomic mass is 32.2. The van der Waals surface area contributed by atoms with Crippen molar-refractivity contribution in [3.63, 3.8) is 0 Å². The van der Waals surface area contributed by atoms with E-state index in [0.29, 0.717) is 57.3 Å². The lowest BCUT2D eigenvalue weighted by molar-refractivity contribution is -0.126. The van der Waals surface area contributed by atoms with Crippen LogP contribution in [0.4, 0.5) is 5.69 Å². The first kappa shape index (κ1) is 33.7. The van der Waals surface area contributed by atoms with Crippen molar-refractivity contribution >= 4 is 55.1 Å². The van der Waals surface area contributed by atoms with Crippen molar-refractivity contribution in [1.82, 2.24) is 15.2 Å². The Kier molecular flexibility index (Phi) is 12.0. The zero-order valence-corrected chi connectivity index (χ0v) is 27.2. The van der Waals surface area contributed by atoms with Crippen LogP contribution in [-0.2, 0) is 32.7 Å². The quantitative estimate of drug-likeness (QED) is 0.154. The monoisotopic (exact) mass is 644 g/mol. The molecular weight excluding hydrogens is 601 g/mol. The number of amides is 3. The summed E-state index contributed by atoms with van der Waals surface area (Å²) < 4.78 is 33.1. The van der Waals surface area contributed by atoms with Gasteiger partial charge in [0, 0.05) is 30.7 Å². The average molecular weight is 645 g/mol. The zero-order chi connectivity index (χ0) is 31.7. The molecule has 12 heteroatoms. The molecule has 10 nitrogen and oxygen atoms in total. The number of aromatic nitrogens is 1. The number of rotatable bonds is 15. The van der Waals surface area contributed by atoms with Crippen LogP contribution in [0.1, 0.15) is 81.3 Å². The molecule has 0 atom stereocenters. The molecule has 1 aliphatic rings. The highest BCUT2D eigenvalue weighted by molar-refractivity contribution is 7.85. The van der Waals surface area contributed by atoms with Crippen LogP contribution < -0.4 is 15.5 Å². The minimum Gasteiger partial charge on any atom is -0.356 e. The van der Waals surface area contributed by atoms with Crippen LogP contribution in [0.5, 0.6) is 0 Å². The maximum absolute atomic E-state index is 13.6. The molecule has 1 saturated carbocycles. The second-order valence-corrected chi connectivity index (χ2v) is 14.0. The van der Waals surface area contributed by atoms with Crippen LogP contribution in [0, 0.1) is 5.92 Å². The summed E-state index contributed by atoms with van der Waals surface area (Å²) in [6.07, 6.45) is 6.27. The number of unbranched alkanes of at least 4 members (excludes halogenated alkanes) is 3. The second kappa shape index (κ2) is 15.7. The van der Waals surface area contributed by atoms with E-state index in [1.54, 1.807) is 16.2 Å². The van der Waals surface area contributed by atoms with Crippen LogP contribution in [0.15, 0.2) is 41.8 Å². The van der Waals surface area contributed by atoms with Gasteiger partial charge < -0.3 is 20.1 Å². The van der Waals surface area contributed by atoms with Crippen LogP contribution in [0.25, 0.3) is 10.2 Å². The first-order valence-corrected chi connectivity index (χ1v) is 18.1. The van der Waals surface area contributed by atoms with E-state index in [9.17, 15) is 22.8 Å². The predicted octanol–water partition coefficient (Wildman–Crippen LogP) is 5.17. The van der Waals surface area contributed by atoms with Gasteiger partial charge in [-0.1, -0.05) is 31.9 Å². The predicted molar refractivity (Wildman–Crippen MR) is 175 cm³/mol. The molecule has 1 aliphatic carbocycles. The third-order valence-electron chi connectivity index (χ3n) is 8.36. The molecule has 1 aromatic carbocycles. The number of carbonyl (C=O) groups excluding carboxylic acids is 3. The maximum atomic E-state index is 13.6. The summed E-state index contributed by atoms with van der Waals surface area (Å²) in [5.41, 5.74) is 3.35. The Bertz CT molecular complexity index is 1540. The van der Waals surface area contributed by atoms with Gasteiger partial charge in [-0.25, -0.2) is 0 Å². The molecule has 4 rings (SSSR count). The number of hydrogen-bond acceptors (Lipinski definition) is 6. The summed E-state index contributed by atoms with van der Waals surface area (Å²) in [7, 11) is -3.91. The first-order valence-electron chi connectivity index (χ1n) is 15.6. The summed E-state index contributed by atoms with van der Waals surface area (Å²) >= 11 is 1.54. The number of aryl methyl sites for hydroxylation is 1. The summed E-state index contributed by atoms with van der Waals surface area (Å²) in [6.45, 7) is 5.15. The van der Waals surface area contributed by atoms with Crippen molar-refractivity contribution in [2.24, 2.45) is 5.92 Å². The topological polar surface area (TPSA) is 138 Å². The van der Waals surface area contributed by atoms with E-state index in [0.717, 1.165) is 40.7 Å². The standard InChI is InChI=1S/C32H44N4O6S2/c1-3-23-10-9-11-26(20-23)35(4-2)30(37)22-36-27-16-18-43-29(27)21-28(36)32(39)34-25-14-12-24(13-15-25)31(38)33-17-7-5-6-8-19-44(40,41)42/h9-11,16,18,20-21,24-25H,3-8,12-15,17,19,22H2,1-2H3,(H,33,38)(H,34,39)(H,40,41,42). The zero-order valence-electron chi connectivity index (χ0n) is 25.6. The van der Waals surface area contributed by atoms with Crippen molar-refractivity contribution in [3.05, 3.63) is 53.0 Å². The number of nitrogens with zero attached hydrogens (tertiary/aromatic N) is 2. The molecule has 240 valence electrons. The van der Waals surface area contributed by atoms with Gasteiger partial charge in [0.05, 0.1) is 16.0 Å². The van der Waals surface area contributed by atoms with Gasteiger partial charge >= 0.3 is 0 Å². The van der Waals surface area contributed by atoms with Gasteiger partial charge in [0.25, 0.3) is 16.0 Å². The second-order valence-electron chi connectivity index (χ2n) is 11.5. The minimum absolute atomic E-state index is 0.0188. The van der Waals surface area contributed by atoms with Crippen molar-refractivity contribution < 1.29 is 27.4 Å². The molecule has 3 aromatic rings. The number of fused-ring (bicyclic) bond motifs is 1. The highest BCUT2D eigenvalue weighted by Crippen LogP contribution is 2.28. The first-order chi connectivity index (χ1) is 21.1. The van der Waals surface area contributed by atoms with Gasteiger partial charge in [-0.3, -0.25) is 18.9 Å². The number of anilines is 1. The minimum atomic E-state index is -3.91. The number of carbonyl (C=O) groups is 3. The van der Waals surface area contributed by atoms with E-state index in [2.05, 4.69) is 17.6 Å². The third-order valence-corrected chi connectivity index (χ3v) is 10.0. The van der Waals surface area contributed by atoms with Crippen LogP contribution in [-0.4, -0.2) is 60.1 Å². The van der Waals surface area contributed by atoms with E-state index in [1.165, 1.54) is 0 Å². The summed E-state index contributed by atoms with van der Waals surface area (Å²) in [4.78, 5) is 41.5. The average Bonchev–Trinajstić information content (AvgIpc) is 3.59. The molecule has 3 N–H and O–H groups in total. The number of benzene rings is 1. The van der Waals surface area contributed by atoms with Crippen molar-refractivity contribution in [2.45, 2.75) is 84.2 Å². The molecule has 0 saturated heterocycles. The van der Waals surface area contributed by atoms with E-state index in [1.807, 2.05) is 53.3 Å². The lowest BCUT2D eigenvalue weighted by Gasteiger charge is -2.28. The normalized spacial score (nSPS) is 17.0. The molecule has 0 unspecified atom stereocenters. The van der Waals surface area contributed by atoms with Gasteiger partial charge in [0.1, 0.15) is 12.2 Å². The smallest absolute Gasteiger partial charge is 0.268 e. The van der Waals surface area contributed by atoms with Crippen molar-refractivity contribution in [3.8, 4) is 0 Å². The number of likely N-dealkylation sites (N-methyl/N-ethyl adjacent to an activating group) is 1. The Hall–Kier alpha value is -3.22. The van der Waals surface area contributed by atoms with Crippen LogP contribution in [0.3, 0.4) is 0 Å². The third kappa shape index (κ3) is 9.15.